The maximum Gasteiger partial charge on any atom is 0.309 e. The van der Waals surface area contributed by atoms with Crippen molar-refractivity contribution in [3.8, 4) is 16.9 Å². The van der Waals surface area contributed by atoms with E-state index in [1.807, 2.05) is 0 Å². The molecule has 0 aromatic heterocycles. The molecule has 0 bridgehead atoms. The number of ketones is 2. The van der Waals surface area contributed by atoms with Crippen molar-refractivity contribution in [1.82, 2.24) is 0 Å². The molecule has 0 heterocycles. The zero-order chi connectivity index (χ0) is 25.2. The maximum absolute atomic E-state index is 13.2. The fourth-order valence-corrected chi connectivity index (χ4v) is 5.51. The molecule has 2 aliphatic rings. The molecule has 2 aromatic carbocycles. The van der Waals surface area contributed by atoms with Crippen LogP contribution in [0.25, 0.3) is 11.1 Å². The average molecular weight is 481 g/mol. The minimum absolute atomic E-state index is 0.117. The number of benzene rings is 2. The lowest BCUT2D eigenvalue weighted by atomic mass is 9.71. The summed E-state index contributed by atoms with van der Waals surface area (Å²) in [6.45, 7) is 0. The second-order valence-corrected chi connectivity index (χ2v) is 9.80. The van der Waals surface area contributed by atoms with Gasteiger partial charge in [-0.15, -0.1) is 0 Å². The van der Waals surface area contributed by atoms with Crippen LogP contribution in [0, 0.1) is 5.92 Å². The quantitative estimate of drug-likeness (QED) is 0.501. The molecule has 35 heavy (non-hydrogen) atoms. The molecule has 2 fully saturated rings. The van der Waals surface area contributed by atoms with Crippen LogP contribution in [-0.4, -0.2) is 51.2 Å². The first kappa shape index (κ1) is 25.1. The van der Waals surface area contributed by atoms with E-state index in [1.165, 1.54) is 7.11 Å². The molecule has 2 unspecified atom stereocenters. The number of rotatable bonds is 7. The predicted molar refractivity (Wildman–Crippen MR) is 130 cm³/mol. The van der Waals surface area contributed by atoms with Crippen LogP contribution < -0.4 is 4.74 Å². The van der Waals surface area contributed by atoms with Gasteiger partial charge in [0.1, 0.15) is 17.0 Å². The van der Waals surface area contributed by atoms with Crippen molar-refractivity contribution in [2.24, 2.45) is 5.92 Å². The first-order chi connectivity index (χ1) is 16.7. The number of carboxylic acids is 1. The Morgan fingerprint density at radius 1 is 0.829 bits per heavy atom. The number of methoxy groups -OCH3 is 1. The zero-order valence-corrected chi connectivity index (χ0v) is 20.0. The molecule has 4 rings (SSSR count). The standard InChI is InChI=1S/C28H32O7/c1-35-23-13-12-20(24(29)27(33)14-4-2-5-15-27)17-21(23)18-8-10-19(11-9-18)25(30)28(34)16-6-3-7-22(28)26(31)32/h8-13,17,22,33-34H,2-7,14-16H2,1H3,(H,31,32). The molecule has 7 heteroatoms. The Bertz CT molecular complexity index is 1110. The topological polar surface area (TPSA) is 121 Å². The van der Waals surface area contributed by atoms with Gasteiger partial charge >= 0.3 is 5.97 Å². The van der Waals surface area contributed by atoms with Crippen molar-refractivity contribution in [3.63, 3.8) is 0 Å². The highest BCUT2D eigenvalue weighted by Crippen LogP contribution is 2.38. The number of aliphatic carboxylic acids is 1. The van der Waals surface area contributed by atoms with E-state index in [0.717, 1.165) is 19.3 Å². The molecule has 2 saturated carbocycles. The second-order valence-electron chi connectivity index (χ2n) is 9.80. The van der Waals surface area contributed by atoms with E-state index in [-0.39, 0.29) is 24.2 Å². The molecule has 7 nitrogen and oxygen atoms in total. The molecule has 0 spiro atoms. The lowest BCUT2D eigenvalue weighted by Crippen LogP contribution is -2.51. The normalized spacial score (nSPS) is 23.9. The highest BCUT2D eigenvalue weighted by Gasteiger charge is 2.49. The lowest BCUT2D eigenvalue weighted by Gasteiger charge is -2.36. The number of hydrogen-bond donors (Lipinski definition) is 3. The molecule has 0 amide bonds. The van der Waals surface area contributed by atoms with Gasteiger partial charge in [0, 0.05) is 16.7 Å². The molecule has 2 aromatic rings. The summed E-state index contributed by atoms with van der Waals surface area (Å²) >= 11 is 0. The Morgan fingerprint density at radius 3 is 2.09 bits per heavy atom. The Labute approximate surface area is 204 Å². The SMILES string of the molecule is COc1ccc(C(=O)C2(O)CCCCC2)cc1-c1ccc(C(=O)C2(O)CCCCC2C(=O)O)cc1. The average Bonchev–Trinajstić information content (AvgIpc) is 2.88. The molecule has 2 atom stereocenters. The van der Waals surface area contributed by atoms with E-state index in [2.05, 4.69) is 0 Å². The summed E-state index contributed by atoms with van der Waals surface area (Å²) in [5, 5.41) is 31.5. The fraction of sp³-hybridized carbons (Fsp3) is 0.464. The van der Waals surface area contributed by atoms with Crippen LogP contribution in [0.4, 0.5) is 0 Å². The lowest BCUT2D eigenvalue weighted by molar-refractivity contribution is -0.151. The van der Waals surface area contributed by atoms with E-state index in [9.17, 15) is 29.7 Å². The number of carboxylic acid groups (broad SMARTS) is 1. The molecule has 186 valence electrons. The van der Waals surface area contributed by atoms with Gasteiger partial charge in [0.15, 0.2) is 11.6 Å². The minimum Gasteiger partial charge on any atom is -0.496 e. The van der Waals surface area contributed by atoms with E-state index in [1.54, 1.807) is 42.5 Å². The van der Waals surface area contributed by atoms with Gasteiger partial charge in [-0.3, -0.25) is 14.4 Å². The summed E-state index contributed by atoms with van der Waals surface area (Å²) in [5.74, 6) is -2.65. The van der Waals surface area contributed by atoms with Gasteiger partial charge in [0.05, 0.1) is 13.0 Å². The van der Waals surface area contributed by atoms with E-state index in [4.69, 9.17) is 4.74 Å². The van der Waals surface area contributed by atoms with Crippen molar-refractivity contribution in [2.75, 3.05) is 7.11 Å². The molecule has 0 aliphatic heterocycles. The summed E-state index contributed by atoms with van der Waals surface area (Å²) in [5.41, 5.74) is -1.33. The summed E-state index contributed by atoms with van der Waals surface area (Å²) in [6, 6.07) is 11.5. The number of aliphatic hydroxyl groups is 2. The number of hydrogen-bond acceptors (Lipinski definition) is 6. The maximum atomic E-state index is 13.2. The van der Waals surface area contributed by atoms with Gasteiger partial charge in [0.25, 0.3) is 0 Å². The number of carbonyl (C=O) groups excluding carboxylic acids is 2. The number of carbonyl (C=O) groups is 3. The predicted octanol–water partition coefficient (Wildman–Crippen LogP) is 4.43. The van der Waals surface area contributed by atoms with Crippen LogP contribution in [0.1, 0.15) is 78.5 Å². The van der Waals surface area contributed by atoms with Crippen LogP contribution in [0.15, 0.2) is 42.5 Å². The Hall–Kier alpha value is -3.03. The van der Waals surface area contributed by atoms with Gasteiger partial charge < -0.3 is 20.1 Å². The van der Waals surface area contributed by atoms with Gasteiger partial charge in [-0.1, -0.05) is 56.4 Å². The first-order valence-corrected chi connectivity index (χ1v) is 12.3. The van der Waals surface area contributed by atoms with Crippen LogP contribution in [0.2, 0.25) is 0 Å². The largest absolute Gasteiger partial charge is 0.496 e. The third-order valence-corrected chi connectivity index (χ3v) is 7.59. The van der Waals surface area contributed by atoms with Crippen molar-refractivity contribution in [2.45, 2.75) is 69.0 Å². The monoisotopic (exact) mass is 480 g/mol. The summed E-state index contributed by atoms with van der Waals surface area (Å²) in [4.78, 5) is 38.0. The zero-order valence-electron chi connectivity index (χ0n) is 20.0. The highest BCUT2D eigenvalue weighted by molar-refractivity contribution is 6.05. The number of ether oxygens (including phenoxy) is 1. The van der Waals surface area contributed by atoms with Crippen LogP contribution in [0.3, 0.4) is 0 Å². The van der Waals surface area contributed by atoms with Gasteiger partial charge in [0.2, 0.25) is 0 Å². The van der Waals surface area contributed by atoms with Crippen molar-refractivity contribution in [3.05, 3.63) is 53.6 Å². The van der Waals surface area contributed by atoms with Crippen molar-refractivity contribution >= 4 is 17.5 Å². The van der Waals surface area contributed by atoms with Gasteiger partial charge in [-0.25, -0.2) is 0 Å². The molecular formula is C28H32O7. The number of Topliss-reactive ketones (excluding diaryl/α,β-unsaturated/α-hetero) is 2. The van der Waals surface area contributed by atoms with Crippen molar-refractivity contribution in [1.29, 1.82) is 0 Å². The fourth-order valence-electron chi connectivity index (χ4n) is 5.51. The molecule has 2 aliphatic carbocycles. The van der Waals surface area contributed by atoms with Crippen LogP contribution >= 0.6 is 0 Å². The first-order valence-electron chi connectivity index (χ1n) is 12.3. The van der Waals surface area contributed by atoms with Crippen molar-refractivity contribution < 1.29 is 34.4 Å². The van der Waals surface area contributed by atoms with Crippen LogP contribution in [0.5, 0.6) is 5.75 Å². The van der Waals surface area contributed by atoms with Gasteiger partial charge in [-0.05, 0) is 49.4 Å². The summed E-state index contributed by atoms with van der Waals surface area (Å²) in [6.07, 6.45) is 5.17. The highest BCUT2D eigenvalue weighted by atomic mass is 16.5. The van der Waals surface area contributed by atoms with E-state index >= 15 is 0 Å². The van der Waals surface area contributed by atoms with Gasteiger partial charge in [-0.2, -0.15) is 0 Å². The summed E-state index contributed by atoms with van der Waals surface area (Å²) in [7, 11) is 1.53. The van der Waals surface area contributed by atoms with Crippen LogP contribution in [-0.2, 0) is 4.79 Å². The minimum atomic E-state index is -1.93. The molecule has 0 radical (unpaired) electrons. The van der Waals surface area contributed by atoms with E-state index in [0.29, 0.717) is 48.1 Å². The Kier molecular flexibility index (Phi) is 7.10. The third kappa shape index (κ3) is 4.75. The Morgan fingerprint density at radius 2 is 1.46 bits per heavy atom. The van der Waals surface area contributed by atoms with E-state index < -0.39 is 28.9 Å². The second kappa shape index (κ2) is 9.91. The molecular weight excluding hydrogens is 448 g/mol. The Balaban J connectivity index is 1.63. The molecule has 0 saturated heterocycles. The smallest absolute Gasteiger partial charge is 0.309 e. The summed E-state index contributed by atoms with van der Waals surface area (Å²) < 4.78 is 5.49. The third-order valence-electron chi connectivity index (χ3n) is 7.59. The molecule has 3 N–H and O–H groups in total.